The molecule has 7 nitrogen and oxygen atoms in total. The Morgan fingerprint density at radius 2 is 2.14 bits per heavy atom. The number of carboxylic acids is 1. The number of pyridine rings is 1. The van der Waals surface area contributed by atoms with Crippen molar-refractivity contribution in [1.29, 1.82) is 0 Å². The molecule has 1 aromatic heterocycles. The molecule has 0 aliphatic heterocycles. The molecule has 0 saturated carbocycles. The van der Waals surface area contributed by atoms with Gasteiger partial charge in [-0.2, -0.15) is 0 Å². The number of benzene rings is 1. The SMILES string of the molecule is Cc1ccnc(Oc2cc([N+](=O)[O-])ccc2Br)c1C(=O)O. The maximum atomic E-state index is 11.3. The lowest BCUT2D eigenvalue weighted by atomic mass is 10.1. The van der Waals surface area contributed by atoms with Gasteiger partial charge in [0.1, 0.15) is 5.56 Å². The molecule has 0 spiro atoms. The predicted octanol–water partition coefficient (Wildman–Crippen LogP) is 3.55. The van der Waals surface area contributed by atoms with Crippen LogP contribution in [0.1, 0.15) is 15.9 Å². The molecule has 0 saturated heterocycles. The van der Waals surface area contributed by atoms with E-state index in [1.54, 1.807) is 13.0 Å². The van der Waals surface area contributed by atoms with Gasteiger partial charge in [-0.25, -0.2) is 9.78 Å². The molecule has 0 atom stereocenters. The first-order valence-corrected chi connectivity index (χ1v) is 6.50. The summed E-state index contributed by atoms with van der Waals surface area (Å²) >= 11 is 3.19. The molecule has 1 N–H and O–H groups in total. The first-order valence-electron chi connectivity index (χ1n) is 5.71. The molecule has 0 aliphatic rings. The first kappa shape index (κ1) is 14.9. The van der Waals surface area contributed by atoms with Gasteiger partial charge in [-0.3, -0.25) is 10.1 Å². The Hall–Kier alpha value is -2.48. The van der Waals surface area contributed by atoms with Crippen LogP contribution in [0.25, 0.3) is 0 Å². The summed E-state index contributed by atoms with van der Waals surface area (Å²) in [6, 6.07) is 5.49. The van der Waals surface area contributed by atoms with Crippen molar-refractivity contribution in [3.05, 3.63) is 56.2 Å². The standard InChI is InChI=1S/C13H9BrN2O5/c1-7-4-5-15-12(11(7)13(17)18)21-10-6-8(16(19)20)2-3-9(10)14/h2-6H,1H3,(H,17,18). The maximum absolute atomic E-state index is 11.3. The molecule has 108 valence electrons. The molecule has 0 radical (unpaired) electrons. The molecule has 0 unspecified atom stereocenters. The van der Waals surface area contributed by atoms with E-state index in [-0.39, 0.29) is 22.9 Å². The van der Waals surface area contributed by atoms with Gasteiger partial charge in [0, 0.05) is 12.3 Å². The number of nitrogens with zero attached hydrogens (tertiary/aromatic N) is 2. The van der Waals surface area contributed by atoms with Gasteiger partial charge in [-0.05, 0) is 40.5 Å². The van der Waals surface area contributed by atoms with Crippen molar-refractivity contribution in [1.82, 2.24) is 4.98 Å². The van der Waals surface area contributed by atoms with Crippen molar-refractivity contribution in [3.63, 3.8) is 0 Å². The zero-order valence-electron chi connectivity index (χ0n) is 10.7. The van der Waals surface area contributed by atoms with E-state index in [2.05, 4.69) is 20.9 Å². The Labute approximate surface area is 127 Å². The maximum Gasteiger partial charge on any atom is 0.341 e. The zero-order chi connectivity index (χ0) is 15.6. The van der Waals surface area contributed by atoms with Crippen LogP contribution < -0.4 is 4.74 Å². The number of carboxylic acid groups (broad SMARTS) is 1. The number of hydrogen-bond acceptors (Lipinski definition) is 5. The van der Waals surface area contributed by atoms with Gasteiger partial charge in [0.25, 0.3) is 5.69 Å². The van der Waals surface area contributed by atoms with Gasteiger partial charge < -0.3 is 9.84 Å². The fraction of sp³-hybridized carbons (Fsp3) is 0.0769. The molecule has 0 fully saturated rings. The van der Waals surface area contributed by atoms with Crippen LogP contribution >= 0.6 is 15.9 Å². The monoisotopic (exact) mass is 352 g/mol. The van der Waals surface area contributed by atoms with Crippen LogP contribution in [-0.4, -0.2) is 21.0 Å². The van der Waals surface area contributed by atoms with E-state index in [9.17, 15) is 20.0 Å². The van der Waals surface area contributed by atoms with Crippen molar-refractivity contribution >= 4 is 27.6 Å². The Balaban J connectivity index is 2.48. The van der Waals surface area contributed by atoms with Crippen LogP contribution in [0, 0.1) is 17.0 Å². The Bertz CT molecular complexity index is 732. The van der Waals surface area contributed by atoms with Gasteiger partial charge in [-0.1, -0.05) is 0 Å². The van der Waals surface area contributed by atoms with Crippen LogP contribution in [-0.2, 0) is 0 Å². The quantitative estimate of drug-likeness (QED) is 0.666. The molecule has 0 aliphatic carbocycles. The molecule has 21 heavy (non-hydrogen) atoms. The molecular formula is C13H9BrN2O5. The number of halogens is 1. The van der Waals surface area contributed by atoms with Crippen molar-refractivity contribution < 1.29 is 19.6 Å². The molecule has 0 bridgehead atoms. The van der Waals surface area contributed by atoms with E-state index in [0.29, 0.717) is 10.0 Å². The van der Waals surface area contributed by atoms with Gasteiger partial charge in [0.15, 0.2) is 5.75 Å². The molecule has 2 rings (SSSR count). The highest BCUT2D eigenvalue weighted by atomic mass is 79.9. The number of aromatic carboxylic acids is 1. The summed E-state index contributed by atoms with van der Waals surface area (Å²) in [7, 11) is 0. The Kier molecular flexibility index (Phi) is 4.18. The van der Waals surface area contributed by atoms with Crippen LogP contribution in [0.4, 0.5) is 5.69 Å². The van der Waals surface area contributed by atoms with Gasteiger partial charge in [0.2, 0.25) is 5.88 Å². The highest BCUT2D eigenvalue weighted by molar-refractivity contribution is 9.10. The van der Waals surface area contributed by atoms with Crippen molar-refractivity contribution in [2.24, 2.45) is 0 Å². The number of rotatable bonds is 4. The minimum absolute atomic E-state index is 0.0871. The third-order valence-corrected chi connectivity index (χ3v) is 3.33. The first-order chi connectivity index (χ1) is 9.90. The molecule has 1 aromatic carbocycles. The van der Waals surface area contributed by atoms with Gasteiger partial charge in [-0.15, -0.1) is 0 Å². The third kappa shape index (κ3) is 3.16. The van der Waals surface area contributed by atoms with E-state index in [0.717, 1.165) is 0 Å². The summed E-state index contributed by atoms with van der Waals surface area (Å²) in [4.78, 5) is 25.3. The van der Waals surface area contributed by atoms with Crippen molar-refractivity contribution in [2.75, 3.05) is 0 Å². The smallest absolute Gasteiger partial charge is 0.341 e. The number of carbonyl (C=O) groups is 1. The number of aromatic nitrogens is 1. The number of nitro groups is 1. The fourth-order valence-corrected chi connectivity index (χ4v) is 1.99. The van der Waals surface area contributed by atoms with Crippen LogP contribution in [0.3, 0.4) is 0 Å². The zero-order valence-corrected chi connectivity index (χ0v) is 12.3. The number of hydrogen-bond donors (Lipinski definition) is 1. The minimum atomic E-state index is -1.18. The predicted molar refractivity (Wildman–Crippen MR) is 76.8 cm³/mol. The van der Waals surface area contributed by atoms with E-state index in [1.165, 1.54) is 24.4 Å². The molecular weight excluding hydrogens is 344 g/mol. The number of aryl methyl sites for hydroxylation is 1. The fourth-order valence-electron chi connectivity index (χ4n) is 1.66. The number of ether oxygens (including phenoxy) is 1. The topological polar surface area (TPSA) is 103 Å². The van der Waals surface area contributed by atoms with E-state index < -0.39 is 10.9 Å². The van der Waals surface area contributed by atoms with E-state index in [1.807, 2.05) is 0 Å². The Morgan fingerprint density at radius 1 is 1.43 bits per heavy atom. The number of non-ortho nitro benzene ring substituents is 1. The summed E-state index contributed by atoms with van der Waals surface area (Å²) in [5.74, 6) is -1.19. The molecule has 1 heterocycles. The summed E-state index contributed by atoms with van der Waals surface area (Å²) < 4.78 is 5.88. The molecule has 8 heteroatoms. The highest BCUT2D eigenvalue weighted by Crippen LogP contribution is 2.34. The van der Waals surface area contributed by atoms with Gasteiger partial charge >= 0.3 is 5.97 Å². The summed E-state index contributed by atoms with van der Waals surface area (Å²) in [6.07, 6.45) is 1.41. The molecule has 2 aromatic rings. The second-order valence-corrected chi connectivity index (χ2v) is 4.94. The largest absolute Gasteiger partial charge is 0.477 e. The third-order valence-electron chi connectivity index (χ3n) is 2.67. The van der Waals surface area contributed by atoms with Crippen LogP contribution in [0.15, 0.2) is 34.9 Å². The van der Waals surface area contributed by atoms with E-state index >= 15 is 0 Å². The average molecular weight is 353 g/mol. The second-order valence-electron chi connectivity index (χ2n) is 4.09. The van der Waals surface area contributed by atoms with Gasteiger partial charge in [0.05, 0.1) is 15.5 Å². The minimum Gasteiger partial charge on any atom is -0.477 e. The van der Waals surface area contributed by atoms with Crippen LogP contribution in [0.2, 0.25) is 0 Å². The summed E-state index contributed by atoms with van der Waals surface area (Å²) in [6.45, 7) is 1.61. The lowest BCUT2D eigenvalue weighted by Gasteiger charge is -2.10. The summed E-state index contributed by atoms with van der Waals surface area (Å²) in [5.41, 5.74) is 0.225. The van der Waals surface area contributed by atoms with E-state index in [4.69, 9.17) is 4.74 Å². The summed E-state index contributed by atoms with van der Waals surface area (Å²) in [5, 5.41) is 20.0. The number of nitro benzene ring substituents is 1. The average Bonchev–Trinajstić information content (AvgIpc) is 2.40. The van der Waals surface area contributed by atoms with Crippen molar-refractivity contribution in [3.8, 4) is 11.6 Å². The lowest BCUT2D eigenvalue weighted by Crippen LogP contribution is -2.05. The molecule has 0 amide bonds. The van der Waals surface area contributed by atoms with Crippen molar-refractivity contribution in [2.45, 2.75) is 6.92 Å². The highest BCUT2D eigenvalue weighted by Gasteiger charge is 2.18. The second kappa shape index (κ2) is 5.88. The lowest BCUT2D eigenvalue weighted by molar-refractivity contribution is -0.384. The van der Waals surface area contributed by atoms with Crippen LogP contribution in [0.5, 0.6) is 11.6 Å². The Morgan fingerprint density at radius 3 is 2.76 bits per heavy atom. The normalized spacial score (nSPS) is 10.2.